The Morgan fingerprint density at radius 1 is 1.00 bits per heavy atom. The highest BCUT2D eigenvalue weighted by molar-refractivity contribution is 5.90. The van der Waals surface area contributed by atoms with Crippen LogP contribution >= 0.6 is 0 Å². The minimum atomic E-state index is -0.719. The van der Waals surface area contributed by atoms with Crippen LogP contribution in [0.5, 0.6) is 5.75 Å². The maximum absolute atomic E-state index is 12.1. The average molecular weight is 408 g/mol. The lowest BCUT2D eigenvalue weighted by Crippen LogP contribution is -2.06. The first-order chi connectivity index (χ1) is 14.5. The third-order valence-corrected chi connectivity index (χ3v) is 4.16. The summed E-state index contributed by atoms with van der Waals surface area (Å²) in [7, 11) is 2.90. The number of aromatic nitrogens is 2. The predicted molar refractivity (Wildman–Crippen MR) is 108 cm³/mol. The minimum Gasteiger partial charge on any atom is -0.497 e. The average Bonchev–Trinajstić information content (AvgIpc) is 3.28. The first kappa shape index (κ1) is 20.8. The predicted octanol–water partition coefficient (Wildman–Crippen LogP) is 3.85. The lowest BCUT2D eigenvalue weighted by atomic mass is 10.1. The largest absolute Gasteiger partial charge is 0.497 e. The quantitative estimate of drug-likeness (QED) is 0.429. The molecule has 2 aromatic carbocycles. The molecule has 8 heteroatoms. The number of hydrogen-bond donors (Lipinski definition) is 0. The first-order valence-corrected chi connectivity index (χ1v) is 9.05. The number of methoxy groups -OCH3 is 2. The summed E-state index contributed by atoms with van der Waals surface area (Å²) >= 11 is 0. The molecule has 1 aromatic heterocycles. The summed E-state index contributed by atoms with van der Waals surface area (Å²) in [5, 5.41) is 7.94. The molecule has 0 bridgehead atoms. The zero-order valence-corrected chi connectivity index (χ0v) is 16.7. The molecule has 1 heterocycles. The van der Waals surface area contributed by atoms with Crippen molar-refractivity contribution in [3.63, 3.8) is 0 Å². The summed E-state index contributed by atoms with van der Waals surface area (Å²) < 4.78 is 20.7. The van der Waals surface area contributed by atoms with E-state index in [2.05, 4.69) is 14.9 Å². The van der Waals surface area contributed by atoms with Crippen molar-refractivity contribution in [3.05, 3.63) is 71.6 Å². The van der Waals surface area contributed by atoms with Gasteiger partial charge in [-0.3, -0.25) is 0 Å². The number of benzene rings is 2. The van der Waals surface area contributed by atoms with Crippen LogP contribution in [0, 0.1) is 0 Å². The fourth-order valence-electron chi connectivity index (χ4n) is 2.53. The minimum absolute atomic E-state index is 0.185. The molecule has 3 aromatic rings. The second kappa shape index (κ2) is 9.51. The second-order valence-electron chi connectivity index (χ2n) is 6.20. The number of hydrogen-bond acceptors (Lipinski definition) is 8. The van der Waals surface area contributed by atoms with Crippen molar-refractivity contribution < 1.29 is 28.2 Å². The van der Waals surface area contributed by atoms with E-state index < -0.39 is 18.0 Å². The van der Waals surface area contributed by atoms with Crippen LogP contribution in [0.1, 0.15) is 34.8 Å². The molecule has 1 atom stereocenters. The van der Waals surface area contributed by atoms with Crippen molar-refractivity contribution >= 4 is 18.0 Å². The van der Waals surface area contributed by atoms with Crippen LogP contribution in [0.25, 0.3) is 17.5 Å². The van der Waals surface area contributed by atoms with E-state index in [1.54, 1.807) is 68.6 Å². The van der Waals surface area contributed by atoms with Crippen LogP contribution in [0.15, 0.2) is 59.0 Å². The number of carbonyl (C=O) groups is 2. The molecule has 3 rings (SSSR count). The van der Waals surface area contributed by atoms with Gasteiger partial charge in [0.2, 0.25) is 5.89 Å². The summed E-state index contributed by atoms with van der Waals surface area (Å²) in [6.07, 6.45) is 2.14. The molecule has 0 aliphatic rings. The third-order valence-electron chi connectivity index (χ3n) is 4.16. The Hall–Kier alpha value is -3.94. The molecule has 0 spiro atoms. The number of esters is 2. The normalized spacial score (nSPS) is 11.8. The zero-order valence-electron chi connectivity index (χ0n) is 16.7. The molecule has 0 radical (unpaired) electrons. The molecule has 0 amide bonds. The van der Waals surface area contributed by atoms with Crippen molar-refractivity contribution in [2.24, 2.45) is 0 Å². The van der Waals surface area contributed by atoms with Gasteiger partial charge in [0, 0.05) is 11.6 Å². The maximum atomic E-state index is 12.1. The van der Waals surface area contributed by atoms with Gasteiger partial charge in [0.15, 0.2) is 6.10 Å². The summed E-state index contributed by atoms with van der Waals surface area (Å²) in [5.41, 5.74) is 1.88. The lowest BCUT2D eigenvalue weighted by molar-refractivity contribution is -0.143. The fourth-order valence-corrected chi connectivity index (χ4v) is 2.53. The van der Waals surface area contributed by atoms with E-state index >= 15 is 0 Å². The van der Waals surface area contributed by atoms with Crippen LogP contribution in [0.4, 0.5) is 0 Å². The fraction of sp³-hybridized carbons (Fsp3) is 0.182. The van der Waals surface area contributed by atoms with Crippen molar-refractivity contribution in [1.82, 2.24) is 10.2 Å². The van der Waals surface area contributed by atoms with Gasteiger partial charge in [-0.2, -0.15) is 0 Å². The molecule has 154 valence electrons. The Morgan fingerprint density at radius 3 is 2.33 bits per heavy atom. The van der Waals surface area contributed by atoms with Crippen LogP contribution in [-0.4, -0.2) is 36.4 Å². The molecule has 0 aliphatic heterocycles. The number of carbonyl (C=O) groups excluding carboxylic acids is 2. The molecule has 8 nitrogen and oxygen atoms in total. The molecular weight excluding hydrogens is 388 g/mol. The Balaban J connectivity index is 1.59. The molecule has 0 saturated heterocycles. The van der Waals surface area contributed by atoms with E-state index in [0.29, 0.717) is 17.2 Å². The molecule has 30 heavy (non-hydrogen) atoms. The van der Waals surface area contributed by atoms with E-state index in [4.69, 9.17) is 13.9 Å². The summed E-state index contributed by atoms with van der Waals surface area (Å²) in [4.78, 5) is 23.5. The van der Waals surface area contributed by atoms with Gasteiger partial charge >= 0.3 is 11.9 Å². The summed E-state index contributed by atoms with van der Waals surface area (Å²) in [5.74, 6) is 0.227. The third kappa shape index (κ3) is 5.11. The van der Waals surface area contributed by atoms with Crippen molar-refractivity contribution in [2.75, 3.05) is 14.2 Å². The van der Waals surface area contributed by atoms with Gasteiger partial charge in [0.25, 0.3) is 5.89 Å². The number of nitrogens with zero attached hydrogens (tertiary/aromatic N) is 2. The molecule has 0 fully saturated rings. The summed E-state index contributed by atoms with van der Waals surface area (Å²) in [6, 6.07) is 13.8. The highest BCUT2D eigenvalue weighted by atomic mass is 16.6. The van der Waals surface area contributed by atoms with Crippen LogP contribution in [0.3, 0.4) is 0 Å². The summed E-state index contributed by atoms with van der Waals surface area (Å²) in [6.45, 7) is 1.64. The molecule has 0 aliphatic carbocycles. The Labute approximate surface area is 173 Å². The maximum Gasteiger partial charge on any atom is 0.337 e. The van der Waals surface area contributed by atoms with Gasteiger partial charge in [-0.05, 0) is 55.0 Å². The molecule has 0 unspecified atom stereocenters. The van der Waals surface area contributed by atoms with E-state index in [1.165, 1.54) is 13.2 Å². The van der Waals surface area contributed by atoms with E-state index in [0.717, 1.165) is 11.1 Å². The molecule has 0 N–H and O–H groups in total. The molecule has 0 saturated carbocycles. The van der Waals surface area contributed by atoms with Gasteiger partial charge < -0.3 is 18.6 Å². The van der Waals surface area contributed by atoms with Crippen molar-refractivity contribution in [3.8, 4) is 17.2 Å². The topological polar surface area (TPSA) is 101 Å². The van der Waals surface area contributed by atoms with Crippen LogP contribution in [-0.2, 0) is 14.3 Å². The second-order valence-corrected chi connectivity index (χ2v) is 6.20. The highest BCUT2D eigenvalue weighted by Crippen LogP contribution is 2.24. The smallest absolute Gasteiger partial charge is 0.337 e. The van der Waals surface area contributed by atoms with Crippen LogP contribution in [0.2, 0.25) is 0 Å². The highest BCUT2D eigenvalue weighted by Gasteiger charge is 2.18. The standard InChI is InChI=1S/C22H20N2O6/c1-14(20-23-24-21(30-20)16-9-11-18(27-2)12-10-16)29-19(25)13-6-15-4-7-17(8-5-15)22(26)28-3/h4-14H,1-3H3/b13-6+/t14-/m0/s1. The monoisotopic (exact) mass is 408 g/mol. The first-order valence-electron chi connectivity index (χ1n) is 9.05. The zero-order chi connectivity index (χ0) is 21.5. The van der Waals surface area contributed by atoms with Gasteiger partial charge in [0.1, 0.15) is 5.75 Å². The number of ether oxygens (including phenoxy) is 3. The van der Waals surface area contributed by atoms with Gasteiger partial charge in [0.05, 0.1) is 19.8 Å². The van der Waals surface area contributed by atoms with Gasteiger partial charge in [-0.25, -0.2) is 9.59 Å². The van der Waals surface area contributed by atoms with E-state index in [1.807, 2.05) is 0 Å². The van der Waals surface area contributed by atoms with Gasteiger partial charge in [-0.1, -0.05) is 12.1 Å². The lowest BCUT2D eigenvalue weighted by Gasteiger charge is -2.07. The Bertz CT molecular complexity index is 1040. The Morgan fingerprint density at radius 2 is 1.70 bits per heavy atom. The number of rotatable bonds is 7. The van der Waals surface area contributed by atoms with Crippen molar-refractivity contribution in [1.29, 1.82) is 0 Å². The Kier molecular flexibility index (Phi) is 6.59. The SMILES string of the molecule is COC(=O)c1ccc(/C=C/C(=O)O[C@@H](C)c2nnc(-c3ccc(OC)cc3)o2)cc1. The van der Waals surface area contributed by atoms with Crippen LogP contribution < -0.4 is 4.74 Å². The molecular formula is C22H20N2O6. The van der Waals surface area contributed by atoms with E-state index in [9.17, 15) is 9.59 Å². The van der Waals surface area contributed by atoms with Crippen molar-refractivity contribution in [2.45, 2.75) is 13.0 Å². The van der Waals surface area contributed by atoms with Gasteiger partial charge in [-0.15, -0.1) is 10.2 Å². The van der Waals surface area contributed by atoms with E-state index in [-0.39, 0.29) is 5.89 Å².